The molecule has 0 unspecified atom stereocenters. The maximum atomic E-state index is 13.0. The summed E-state index contributed by atoms with van der Waals surface area (Å²) in [6.07, 6.45) is 3.34. The number of nitrogens with zero attached hydrogens (tertiary/aromatic N) is 2. The molecule has 0 aliphatic heterocycles. The molecule has 0 aliphatic carbocycles. The van der Waals surface area contributed by atoms with Crippen LogP contribution in [0, 0.1) is 0 Å². The second-order valence-electron chi connectivity index (χ2n) is 7.33. The van der Waals surface area contributed by atoms with Crippen LogP contribution in [0.4, 0.5) is 0 Å². The van der Waals surface area contributed by atoms with E-state index in [2.05, 4.69) is 9.97 Å². The molecule has 0 aliphatic rings. The highest BCUT2D eigenvalue weighted by molar-refractivity contribution is 6.31. The van der Waals surface area contributed by atoms with Crippen molar-refractivity contribution in [2.75, 3.05) is 0 Å². The predicted octanol–water partition coefficient (Wildman–Crippen LogP) is 4.95. The summed E-state index contributed by atoms with van der Waals surface area (Å²) in [5.74, 6) is 0.641. The molecular weight excluding hydrogens is 428 g/mol. The molecular formula is C24H17ClN4O3. The van der Waals surface area contributed by atoms with Crippen molar-refractivity contribution in [3.63, 3.8) is 0 Å². The number of rotatable bonds is 6. The fourth-order valence-electron chi connectivity index (χ4n) is 3.63. The molecule has 3 N–H and O–H groups in total. The summed E-state index contributed by atoms with van der Waals surface area (Å²) in [5.41, 5.74) is 8.63. The minimum absolute atomic E-state index is 0.0405. The Hall–Kier alpha value is -4.10. The summed E-state index contributed by atoms with van der Waals surface area (Å²) in [5, 5.41) is 1.41. The molecule has 2 aromatic heterocycles. The Bertz CT molecular complexity index is 1480. The summed E-state index contributed by atoms with van der Waals surface area (Å²) in [4.78, 5) is 31.6. The number of primary amides is 1. The molecule has 2 heterocycles. The highest BCUT2D eigenvalue weighted by atomic mass is 35.5. The lowest BCUT2D eigenvalue weighted by Gasteiger charge is -2.07. The van der Waals surface area contributed by atoms with Crippen molar-refractivity contribution in [1.29, 1.82) is 0 Å². The van der Waals surface area contributed by atoms with Gasteiger partial charge in [-0.1, -0.05) is 11.6 Å². The smallest absolute Gasteiger partial charge is 0.248 e. The number of hydrogen-bond donors (Lipinski definition) is 2. The van der Waals surface area contributed by atoms with Gasteiger partial charge in [0.15, 0.2) is 5.78 Å². The van der Waals surface area contributed by atoms with Crippen LogP contribution in [0.3, 0.4) is 0 Å². The van der Waals surface area contributed by atoms with Crippen LogP contribution in [0.1, 0.15) is 20.7 Å². The number of aromatic nitrogens is 3. The first-order chi connectivity index (χ1) is 15.5. The number of nitrogens with two attached hydrogens (primary N) is 1. The van der Waals surface area contributed by atoms with E-state index in [0.29, 0.717) is 27.6 Å². The molecule has 0 saturated heterocycles. The van der Waals surface area contributed by atoms with Gasteiger partial charge >= 0.3 is 0 Å². The summed E-state index contributed by atoms with van der Waals surface area (Å²) in [7, 11) is 0. The third-order valence-electron chi connectivity index (χ3n) is 5.23. The maximum Gasteiger partial charge on any atom is 0.248 e. The number of aromatic amines is 1. The first-order valence-corrected chi connectivity index (χ1v) is 10.2. The van der Waals surface area contributed by atoms with E-state index < -0.39 is 5.91 Å². The SMILES string of the molecule is NC(=O)c1ccc(Oc2ccc3c(C(=O)Cn4cnc5cc(Cl)ccc54)c[nH]c3c2)cc1. The van der Waals surface area contributed by atoms with Gasteiger partial charge in [-0.2, -0.15) is 0 Å². The third kappa shape index (κ3) is 3.70. The van der Waals surface area contributed by atoms with Gasteiger partial charge in [-0.15, -0.1) is 0 Å². The van der Waals surface area contributed by atoms with Gasteiger partial charge in [-0.05, 0) is 54.6 Å². The minimum Gasteiger partial charge on any atom is -0.457 e. The lowest BCUT2D eigenvalue weighted by atomic mass is 10.1. The summed E-state index contributed by atoms with van der Waals surface area (Å²) >= 11 is 6.01. The molecule has 5 rings (SSSR count). The number of nitrogens with one attached hydrogen (secondary N) is 1. The van der Waals surface area contributed by atoms with Gasteiger partial charge in [0.05, 0.1) is 23.9 Å². The van der Waals surface area contributed by atoms with Gasteiger partial charge in [-0.3, -0.25) is 9.59 Å². The van der Waals surface area contributed by atoms with Crippen LogP contribution >= 0.6 is 11.6 Å². The molecule has 0 spiro atoms. The first-order valence-electron chi connectivity index (χ1n) is 9.80. The first kappa shape index (κ1) is 19.8. The monoisotopic (exact) mass is 444 g/mol. The van der Waals surface area contributed by atoms with Crippen LogP contribution < -0.4 is 10.5 Å². The number of carbonyl (C=O) groups is 2. The van der Waals surface area contributed by atoms with Crippen LogP contribution in [0.2, 0.25) is 5.02 Å². The zero-order valence-corrected chi connectivity index (χ0v) is 17.5. The lowest BCUT2D eigenvalue weighted by Crippen LogP contribution is -2.10. The van der Waals surface area contributed by atoms with Gasteiger partial charge in [-0.25, -0.2) is 4.98 Å². The van der Waals surface area contributed by atoms with Gasteiger partial charge in [0.2, 0.25) is 5.91 Å². The average molecular weight is 445 g/mol. The van der Waals surface area contributed by atoms with E-state index in [0.717, 1.165) is 21.9 Å². The molecule has 3 aromatic carbocycles. The van der Waals surface area contributed by atoms with E-state index in [4.69, 9.17) is 22.1 Å². The van der Waals surface area contributed by atoms with Crippen molar-refractivity contribution in [3.05, 3.63) is 89.3 Å². The Kier molecular flexibility index (Phi) is 4.88. The lowest BCUT2D eigenvalue weighted by molar-refractivity contribution is 0.0972. The number of fused-ring (bicyclic) bond motifs is 2. The Balaban J connectivity index is 1.37. The van der Waals surface area contributed by atoms with Crippen molar-refractivity contribution in [1.82, 2.24) is 14.5 Å². The van der Waals surface area contributed by atoms with Gasteiger partial charge in [0.25, 0.3) is 0 Å². The third-order valence-corrected chi connectivity index (χ3v) is 5.46. The Morgan fingerprint density at radius 1 is 1.03 bits per heavy atom. The van der Waals surface area contributed by atoms with Crippen LogP contribution in [0.15, 0.2) is 73.2 Å². The Labute approximate surface area is 187 Å². The standard InChI is InChI=1S/C24H17ClN4O3/c25-15-3-8-22-21(9-15)28-13-29(22)12-23(30)19-11-27-20-10-17(6-7-18(19)20)32-16-4-1-14(2-5-16)24(26)31/h1-11,13,27H,12H2,(H2,26,31). The molecule has 0 saturated carbocycles. The molecule has 0 bridgehead atoms. The molecule has 158 valence electrons. The minimum atomic E-state index is -0.492. The van der Waals surface area contributed by atoms with Crippen molar-refractivity contribution in [3.8, 4) is 11.5 Å². The largest absolute Gasteiger partial charge is 0.457 e. The fraction of sp³-hybridized carbons (Fsp3) is 0.0417. The normalized spacial score (nSPS) is 11.2. The second-order valence-corrected chi connectivity index (χ2v) is 7.77. The number of imidazole rings is 1. The highest BCUT2D eigenvalue weighted by Crippen LogP contribution is 2.28. The molecule has 8 heteroatoms. The Morgan fingerprint density at radius 3 is 2.59 bits per heavy atom. The molecule has 0 fully saturated rings. The fourth-order valence-corrected chi connectivity index (χ4v) is 3.79. The number of Topliss-reactive ketones (excluding diaryl/α,β-unsaturated/α-hetero) is 1. The number of ketones is 1. The maximum absolute atomic E-state index is 13.0. The number of H-pyrrole nitrogens is 1. The zero-order valence-electron chi connectivity index (χ0n) is 16.7. The summed E-state index contributed by atoms with van der Waals surface area (Å²) in [6.45, 7) is 0.162. The number of amides is 1. The average Bonchev–Trinajstić information content (AvgIpc) is 3.37. The van der Waals surface area contributed by atoms with Crippen molar-refractivity contribution >= 4 is 45.2 Å². The van der Waals surface area contributed by atoms with Crippen LogP contribution in [0.25, 0.3) is 21.9 Å². The summed E-state index contributed by atoms with van der Waals surface area (Å²) < 4.78 is 7.66. The number of hydrogen-bond acceptors (Lipinski definition) is 4. The van der Waals surface area contributed by atoms with Gasteiger partial charge in [0.1, 0.15) is 11.5 Å². The van der Waals surface area contributed by atoms with E-state index in [-0.39, 0.29) is 12.3 Å². The van der Waals surface area contributed by atoms with Crippen LogP contribution in [0.5, 0.6) is 11.5 Å². The zero-order chi connectivity index (χ0) is 22.2. The highest BCUT2D eigenvalue weighted by Gasteiger charge is 2.15. The van der Waals surface area contributed by atoms with Crippen molar-refractivity contribution in [2.24, 2.45) is 5.73 Å². The molecule has 7 nitrogen and oxygen atoms in total. The van der Waals surface area contributed by atoms with Crippen LogP contribution in [-0.2, 0) is 6.54 Å². The Morgan fingerprint density at radius 2 is 1.81 bits per heavy atom. The number of ether oxygens (including phenoxy) is 1. The number of halogens is 1. The second kappa shape index (κ2) is 7.86. The number of carbonyl (C=O) groups excluding carboxylic acids is 2. The van der Waals surface area contributed by atoms with Crippen LogP contribution in [-0.4, -0.2) is 26.2 Å². The summed E-state index contributed by atoms with van der Waals surface area (Å²) in [6, 6.07) is 17.4. The van der Waals surface area contributed by atoms with E-state index in [1.54, 1.807) is 59.6 Å². The van der Waals surface area contributed by atoms with E-state index in [9.17, 15) is 9.59 Å². The quantitative estimate of drug-likeness (QED) is 0.362. The van der Waals surface area contributed by atoms with E-state index in [1.165, 1.54) is 0 Å². The van der Waals surface area contributed by atoms with Crippen molar-refractivity contribution < 1.29 is 14.3 Å². The molecule has 32 heavy (non-hydrogen) atoms. The predicted molar refractivity (Wildman–Crippen MR) is 122 cm³/mol. The topological polar surface area (TPSA) is 103 Å². The van der Waals surface area contributed by atoms with E-state index in [1.807, 2.05) is 18.2 Å². The van der Waals surface area contributed by atoms with Gasteiger partial charge < -0.3 is 20.0 Å². The molecule has 5 aromatic rings. The molecule has 0 atom stereocenters. The molecule has 0 radical (unpaired) electrons. The number of benzene rings is 3. The van der Waals surface area contributed by atoms with E-state index >= 15 is 0 Å². The van der Waals surface area contributed by atoms with Crippen molar-refractivity contribution in [2.45, 2.75) is 6.54 Å². The molecule has 1 amide bonds. The van der Waals surface area contributed by atoms with Gasteiger partial charge in [0, 0.05) is 39.3 Å².